The van der Waals surface area contributed by atoms with Crippen LogP contribution in [0.25, 0.3) is 0 Å². The second-order valence-electron chi connectivity index (χ2n) is 3.09. The minimum absolute atomic E-state index is 0.0761. The van der Waals surface area contributed by atoms with Crippen LogP contribution in [0, 0.1) is 0 Å². The van der Waals surface area contributed by atoms with Gasteiger partial charge in [0.1, 0.15) is 11.3 Å². The van der Waals surface area contributed by atoms with E-state index in [0.29, 0.717) is 0 Å². The molecule has 14 heavy (non-hydrogen) atoms. The van der Waals surface area contributed by atoms with Crippen LogP contribution in [0.1, 0.15) is 27.7 Å². The van der Waals surface area contributed by atoms with E-state index in [1.165, 1.54) is 13.1 Å². The standard InChI is InChI=1S/C10H17NO3/c1-5-14-10(13)9(8(4)12)6-11-7(2)3/h6-7,12H,5H2,1-4H3. The summed E-state index contributed by atoms with van der Waals surface area (Å²) in [5, 5.41) is 9.21. The predicted octanol–water partition coefficient (Wildman–Crippen LogP) is 1.86. The van der Waals surface area contributed by atoms with E-state index < -0.39 is 5.97 Å². The molecule has 0 amide bonds. The van der Waals surface area contributed by atoms with E-state index in [0.717, 1.165) is 0 Å². The molecule has 0 aliphatic rings. The third-order valence-corrected chi connectivity index (χ3v) is 1.39. The van der Waals surface area contributed by atoms with Crippen LogP contribution in [-0.2, 0) is 9.53 Å². The van der Waals surface area contributed by atoms with Gasteiger partial charge in [0.15, 0.2) is 0 Å². The summed E-state index contributed by atoms with van der Waals surface area (Å²) in [5.74, 6) is -0.621. The van der Waals surface area contributed by atoms with Crippen LogP contribution < -0.4 is 0 Å². The average molecular weight is 199 g/mol. The zero-order valence-electron chi connectivity index (χ0n) is 9.07. The molecule has 0 spiro atoms. The van der Waals surface area contributed by atoms with Gasteiger partial charge in [-0.15, -0.1) is 0 Å². The molecule has 0 saturated heterocycles. The highest BCUT2D eigenvalue weighted by Gasteiger charge is 2.11. The highest BCUT2D eigenvalue weighted by Crippen LogP contribution is 2.02. The Labute approximate surface area is 84.3 Å². The maximum atomic E-state index is 11.3. The van der Waals surface area contributed by atoms with Gasteiger partial charge in [0, 0.05) is 12.3 Å². The Morgan fingerprint density at radius 3 is 2.50 bits per heavy atom. The summed E-state index contributed by atoms with van der Waals surface area (Å²) in [6.45, 7) is 7.18. The van der Waals surface area contributed by atoms with E-state index in [2.05, 4.69) is 4.99 Å². The molecule has 0 heterocycles. The number of aliphatic imine (C=N–C) groups is 1. The van der Waals surface area contributed by atoms with E-state index in [-0.39, 0.29) is 24.0 Å². The summed E-state index contributed by atoms with van der Waals surface area (Å²) < 4.78 is 4.75. The number of aliphatic hydroxyl groups is 1. The molecule has 0 bridgehead atoms. The SMILES string of the molecule is CCOC(=O)C(C=NC(C)C)=C(C)O. The normalized spacial score (nSPS) is 13.2. The molecule has 0 aromatic carbocycles. The molecule has 4 nitrogen and oxygen atoms in total. The first-order valence-electron chi connectivity index (χ1n) is 4.59. The van der Waals surface area contributed by atoms with Crippen molar-refractivity contribution in [1.82, 2.24) is 0 Å². The highest BCUT2D eigenvalue weighted by atomic mass is 16.5. The third kappa shape index (κ3) is 4.64. The molecule has 0 unspecified atom stereocenters. The number of esters is 1. The van der Waals surface area contributed by atoms with E-state index in [1.54, 1.807) is 6.92 Å². The lowest BCUT2D eigenvalue weighted by Gasteiger charge is -2.03. The van der Waals surface area contributed by atoms with Crippen LogP contribution >= 0.6 is 0 Å². The summed E-state index contributed by atoms with van der Waals surface area (Å²) in [6, 6.07) is 0.0822. The summed E-state index contributed by atoms with van der Waals surface area (Å²) in [6.07, 6.45) is 1.35. The van der Waals surface area contributed by atoms with Crippen molar-refractivity contribution >= 4 is 12.2 Å². The van der Waals surface area contributed by atoms with Crippen molar-refractivity contribution in [2.45, 2.75) is 33.7 Å². The number of hydrogen-bond acceptors (Lipinski definition) is 4. The van der Waals surface area contributed by atoms with E-state index in [4.69, 9.17) is 4.74 Å². The van der Waals surface area contributed by atoms with Crippen molar-refractivity contribution in [2.75, 3.05) is 6.61 Å². The van der Waals surface area contributed by atoms with Crippen LogP contribution in [0.4, 0.5) is 0 Å². The molecule has 0 radical (unpaired) electrons. The largest absolute Gasteiger partial charge is 0.512 e. The molecule has 0 saturated carbocycles. The lowest BCUT2D eigenvalue weighted by molar-refractivity contribution is -0.138. The fraction of sp³-hybridized carbons (Fsp3) is 0.600. The lowest BCUT2D eigenvalue weighted by atomic mass is 10.2. The number of carbonyl (C=O) groups excluding carboxylic acids is 1. The number of hydrogen-bond donors (Lipinski definition) is 1. The summed E-state index contributed by atoms with van der Waals surface area (Å²) >= 11 is 0. The Bertz CT molecular complexity index is 250. The molecule has 0 rings (SSSR count). The summed E-state index contributed by atoms with van der Waals surface area (Å²) in [7, 11) is 0. The fourth-order valence-electron chi connectivity index (χ4n) is 0.726. The van der Waals surface area contributed by atoms with Crippen molar-refractivity contribution < 1.29 is 14.6 Å². The smallest absolute Gasteiger partial charge is 0.343 e. The van der Waals surface area contributed by atoms with Gasteiger partial charge in [-0.25, -0.2) is 4.79 Å². The Morgan fingerprint density at radius 2 is 2.14 bits per heavy atom. The van der Waals surface area contributed by atoms with Crippen LogP contribution in [-0.4, -0.2) is 29.9 Å². The van der Waals surface area contributed by atoms with Gasteiger partial charge in [-0.2, -0.15) is 0 Å². The Morgan fingerprint density at radius 1 is 1.57 bits per heavy atom. The molecule has 0 aliphatic heterocycles. The minimum Gasteiger partial charge on any atom is -0.512 e. The van der Waals surface area contributed by atoms with E-state index in [1.807, 2.05) is 13.8 Å². The van der Waals surface area contributed by atoms with Crippen molar-refractivity contribution in [1.29, 1.82) is 0 Å². The molecule has 0 aromatic heterocycles. The quantitative estimate of drug-likeness (QED) is 0.325. The minimum atomic E-state index is -0.545. The van der Waals surface area contributed by atoms with Crippen molar-refractivity contribution in [3.05, 3.63) is 11.3 Å². The molecule has 0 fully saturated rings. The zero-order chi connectivity index (χ0) is 11.1. The third-order valence-electron chi connectivity index (χ3n) is 1.39. The predicted molar refractivity (Wildman–Crippen MR) is 55.6 cm³/mol. The number of nitrogens with zero attached hydrogens (tertiary/aromatic N) is 1. The van der Waals surface area contributed by atoms with Crippen molar-refractivity contribution in [3.8, 4) is 0 Å². The van der Waals surface area contributed by atoms with Crippen LogP contribution in [0.2, 0.25) is 0 Å². The maximum absolute atomic E-state index is 11.3. The maximum Gasteiger partial charge on any atom is 0.343 e. The molecule has 80 valence electrons. The lowest BCUT2D eigenvalue weighted by Crippen LogP contribution is -2.11. The Balaban J connectivity index is 4.64. The van der Waals surface area contributed by atoms with Crippen molar-refractivity contribution in [3.63, 3.8) is 0 Å². The van der Waals surface area contributed by atoms with Crippen LogP contribution in [0.3, 0.4) is 0 Å². The number of carbonyl (C=O) groups is 1. The van der Waals surface area contributed by atoms with Gasteiger partial charge in [0.25, 0.3) is 0 Å². The Kier molecular flexibility index (Phi) is 5.60. The molecule has 0 aromatic rings. The fourth-order valence-corrected chi connectivity index (χ4v) is 0.726. The molecular formula is C10H17NO3. The van der Waals surface area contributed by atoms with Crippen molar-refractivity contribution in [2.24, 2.45) is 4.99 Å². The number of ether oxygens (including phenoxy) is 1. The number of rotatable bonds is 4. The van der Waals surface area contributed by atoms with Gasteiger partial charge in [0.05, 0.1) is 6.61 Å². The van der Waals surface area contributed by atoms with Gasteiger partial charge in [-0.1, -0.05) is 0 Å². The molecule has 0 atom stereocenters. The first kappa shape index (κ1) is 12.7. The first-order valence-corrected chi connectivity index (χ1v) is 4.59. The molecule has 1 N–H and O–H groups in total. The van der Waals surface area contributed by atoms with E-state index in [9.17, 15) is 9.90 Å². The highest BCUT2D eigenvalue weighted by molar-refractivity contribution is 6.09. The zero-order valence-corrected chi connectivity index (χ0v) is 9.07. The van der Waals surface area contributed by atoms with E-state index >= 15 is 0 Å². The average Bonchev–Trinajstić information content (AvgIpc) is 2.03. The molecular weight excluding hydrogens is 182 g/mol. The second-order valence-corrected chi connectivity index (χ2v) is 3.09. The first-order chi connectivity index (χ1) is 6.49. The second kappa shape index (κ2) is 6.18. The summed E-state index contributed by atoms with van der Waals surface area (Å²) in [5.41, 5.74) is 0.112. The monoisotopic (exact) mass is 199 g/mol. The van der Waals surface area contributed by atoms with Crippen LogP contribution in [0.5, 0.6) is 0 Å². The van der Waals surface area contributed by atoms with Gasteiger partial charge in [0.2, 0.25) is 0 Å². The summed E-state index contributed by atoms with van der Waals surface area (Å²) in [4.78, 5) is 15.3. The van der Waals surface area contributed by atoms with Gasteiger partial charge < -0.3 is 9.84 Å². The molecule has 4 heteroatoms. The van der Waals surface area contributed by atoms with Gasteiger partial charge in [-0.3, -0.25) is 4.99 Å². The van der Waals surface area contributed by atoms with Gasteiger partial charge >= 0.3 is 5.97 Å². The molecule has 0 aliphatic carbocycles. The topological polar surface area (TPSA) is 58.9 Å². The Hall–Kier alpha value is -1.32. The number of aliphatic hydroxyl groups excluding tert-OH is 1. The van der Waals surface area contributed by atoms with Gasteiger partial charge in [-0.05, 0) is 27.7 Å². The number of allylic oxidation sites excluding steroid dienone is 1. The van der Waals surface area contributed by atoms with Crippen LogP contribution in [0.15, 0.2) is 16.3 Å².